The molecule has 1 aliphatic heterocycles. The Morgan fingerprint density at radius 1 is 1.20 bits per heavy atom. The molecule has 0 aliphatic carbocycles. The summed E-state index contributed by atoms with van der Waals surface area (Å²) in [6, 6.07) is 9.76. The van der Waals surface area contributed by atoms with Gasteiger partial charge in [0.05, 0.1) is 11.9 Å². The van der Waals surface area contributed by atoms with Crippen LogP contribution in [-0.4, -0.2) is 41.1 Å². The minimum atomic E-state index is -2.53. The van der Waals surface area contributed by atoms with E-state index in [-0.39, 0.29) is 5.78 Å². The molecule has 4 heteroatoms. The third-order valence-corrected chi connectivity index (χ3v) is 7.74. The fourth-order valence-corrected chi connectivity index (χ4v) is 6.92. The van der Waals surface area contributed by atoms with Gasteiger partial charge in [0, 0.05) is 11.5 Å². The van der Waals surface area contributed by atoms with Gasteiger partial charge in [-0.1, -0.05) is 44.2 Å². The van der Waals surface area contributed by atoms with Crippen LogP contribution < -0.4 is 5.30 Å². The van der Waals surface area contributed by atoms with Crippen LogP contribution in [0.2, 0.25) is 0 Å². The normalized spacial score (nSPS) is 30.0. The van der Waals surface area contributed by atoms with Gasteiger partial charge in [0.15, 0.2) is 0 Å². The molecule has 0 amide bonds. The van der Waals surface area contributed by atoms with Crippen LogP contribution in [0.15, 0.2) is 30.3 Å². The van der Waals surface area contributed by atoms with Gasteiger partial charge in [-0.15, -0.1) is 0 Å². The van der Waals surface area contributed by atoms with Crippen molar-refractivity contribution in [3.63, 3.8) is 0 Å². The van der Waals surface area contributed by atoms with Crippen LogP contribution in [-0.2, 0) is 4.57 Å². The van der Waals surface area contributed by atoms with Gasteiger partial charge in [0.25, 0.3) is 0 Å². The van der Waals surface area contributed by atoms with Crippen LogP contribution in [0.4, 0.5) is 0 Å². The van der Waals surface area contributed by atoms with E-state index in [0.29, 0.717) is 12.6 Å². The Morgan fingerprint density at radius 2 is 1.80 bits per heavy atom. The van der Waals surface area contributed by atoms with Crippen molar-refractivity contribution < 1.29 is 9.67 Å². The van der Waals surface area contributed by atoms with Crippen LogP contribution >= 0.6 is 7.14 Å². The van der Waals surface area contributed by atoms with E-state index in [1.165, 1.54) is 0 Å². The van der Waals surface area contributed by atoms with Gasteiger partial charge in [-0.25, -0.2) is 0 Å². The van der Waals surface area contributed by atoms with Crippen LogP contribution in [0, 0.1) is 0 Å². The highest BCUT2D eigenvalue weighted by Gasteiger charge is 2.47. The average molecular weight is 295 g/mol. The highest BCUT2D eigenvalue weighted by molar-refractivity contribution is 7.72. The van der Waals surface area contributed by atoms with Crippen molar-refractivity contribution in [1.29, 1.82) is 0 Å². The molecule has 1 heterocycles. The minimum Gasteiger partial charge on any atom is -0.391 e. The van der Waals surface area contributed by atoms with Crippen LogP contribution in [0.5, 0.6) is 0 Å². The number of nitrogens with zero attached hydrogens (tertiary/aromatic N) is 1. The Kier molecular flexibility index (Phi) is 5.42. The molecular weight excluding hydrogens is 269 g/mol. The molecule has 1 aromatic rings. The van der Waals surface area contributed by atoms with E-state index in [0.717, 1.165) is 31.2 Å². The second-order valence-electron chi connectivity index (χ2n) is 5.66. The lowest BCUT2D eigenvalue weighted by molar-refractivity contribution is 0.0966. The standard InChI is InChI=1S/C16H26NO2P/c1-3-11-17(12-4-2)16-15(18)10-13-20(16,19)14-8-6-5-7-9-14/h5-9,15-16,18H,3-4,10-13H2,1-2H3/t15-,16-,20+/m0/s1. The zero-order chi connectivity index (χ0) is 14.6. The van der Waals surface area contributed by atoms with Gasteiger partial charge in [-0.2, -0.15) is 0 Å². The van der Waals surface area contributed by atoms with E-state index in [9.17, 15) is 9.67 Å². The second-order valence-corrected chi connectivity index (χ2v) is 8.74. The first-order valence-corrected chi connectivity index (χ1v) is 9.66. The van der Waals surface area contributed by atoms with Gasteiger partial charge >= 0.3 is 0 Å². The second kappa shape index (κ2) is 6.89. The summed E-state index contributed by atoms with van der Waals surface area (Å²) in [5, 5.41) is 11.3. The zero-order valence-electron chi connectivity index (χ0n) is 12.5. The zero-order valence-corrected chi connectivity index (χ0v) is 13.4. The quantitative estimate of drug-likeness (QED) is 0.820. The first-order valence-electron chi connectivity index (χ1n) is 7.70. The number of aliphatic hydroxyl groups is 1. The predicted octanol–water partition coefficient (Wildman–Crippen LogP) is 2.89. The molecule has 0 radical (unpaired) electrons. The number of benzene rings is 1. The molecule has 1 fully saturated rings. The smallest absolute Gasteiger partial charge is 0.134 e. The third kappa shape index (κ3) is 3.00. The molecule has 20 heavy (non-hydrogen) atoms. The molecule has 1 aliphatic rings. The Bertz CT molecular complexity index is 457. The molecule has 0 saturated carbocycles. The summed E-state index contributed by atoms with van der Waals surface area (Å²) in [5.41, 5.74) is 0. The molecule has 2 rings (SSSR count). The Labute approximate surface area is 122 Å². The van der Waals surface area contributed by atoms with Gasteiger partial charge < -0.3 is 9.67 Å². The monoisotopic (exact) mass is 295 g/mol. The third-order valence-electron chi connectivity index (χ3n) is 4.12. The van der Waals surface area contributed by atoms with E-state index in [1.54, 1.807) is 0 Å². The van der Waals surface area contributed by atoms with Crippen molar-refractivity contribution in [1.82, 2.24) is 4.90 Å². The molecule has 1 saturated heterocycles. The topological polar surface area (TPSA) is 40.5 Å². The van der Waals surface area contributed by atoms with Crippen LogP contribution in [0.25, 0.3) is 0 Å². The molecule has 1 N–H and O–H groups in total. The van der Waals surface area contributed by atoms with Crippen molar-refractivity contribution >= 4 is 12.4 Å². The lowest BCUT2D eigenvalue weighted by atomic mass is 10.2. The molecule has 0 unspecified atom stereocenters. The maximum absolute atomic E-state index is 13.5. The number of hydrogen-bond donors (Lipinski definition) is 1. The van der Waals surface area contributed by atoms with Crippen molar-refractivity contribution in [2.24, 2.45) is 0 Å². The Morgan fingerprint density at radius 3 is 2.35 bits per heavy atom. The first-order chi connectivity index (χ1) is 9.63. The van der Waals surface area contributed by atoms with E-state index >= 15 is 0 Å². The fraction of sp³-hybridized carbons (Fsp3) is 0.625. The van der Waals surface area contributed by atoms with Crippen LogP contribution in [0.3, 0.4) is 0 Å². The predicted molar refractivity (Wildman–Crippen MR) is 85.1 cm³/mol. The molecule has 112 valence electrons. The Balaban J connectivity index is 2.34. The lowest BCUT2D eigenvalue weighted by Gasteiger charge is -2.34. The Hall–Kier alpha value is -0.630. The van der Waals surface area contributed by atoms with Crippen LogP contribution in [0.1, 0.15) is 33.1 Å². The van der Waals surface area contributed by atoms with Crippen molar-refractivity contribution in [3.8, 4) is 0 Å². The number of rotatable bonds is 6. The molecule has 1 aromatic carbocycles. The van der Waals surface area contributed by atoms with Crippen molar-refractivity contribution in [2.45, 2.75) is 45.0 Å². The molecule has 0 bridgehead atoms. The summed E-state index contributed by atoms with van der Waals surface area (Å²) in [6.45, 7) is 6.09. The summed E-state index contributed by atoms with van der Waals surface area (Å²) in [5.74, 6) is -0.190. The summed E-state index contributed by atoms with van der Waals surface area (Å²) in [4.78, 5) is 2.26. The summed E-state index contributed by atoms with van der Waals surface area (Å²) < 4.78 is 13.5. The average Bonchev–Trinajstić information content (AvgIpc) is 2.77. The van der Waals surface area contributed by atoms with Gasteiger partial charge in [-0.05, 0) is 32.4 Å². The number of aliphatic hydroxyl groups excluding tert-OH is 1. The molecular formula is C16H26NO2P. The molecule has 0 aromatic heterocycles. The van der Waals surface area contributed by atoms with Gasteiger partial charge in [0.1, 0.15) is 7.14 Å². The van der Waals surface area contributed by atoms with E-state index in [1.807, 2.05) is 30.3 Å². The van der Waals surface area contributed by atoms with E-state index < -0.39 is 13.2 Å². The minimum absolute atomic E-state index is 0.190. The van der Waals surface area contributed by atoms with E-state index in [2.05, 4.69) is 18.7 Å². The highest BCUT2D eigenvalue weighted by Crippen LogP contribution is 2.58. The largest absolute Gasteiger partial charge is 0.391 e. The molecule has 3 atom stereocenters. The lowest BCUT2D eigenvalue weighted by Crippen LogP contribution is -2.42. The number of hydrogen-bond acceptors (Lipinski definition) is 3. The highest BCUT2D eigenvalue weighted by atomic mass is 31.2. The summed E-state index contributed by atoms with van der Waals surface area (Å²) in [7, 11) is -2.53. The van der Waals surface area contributed by atoms with Crippen molar-refractivity contribution in [2.75, 3.05) is 19.3 Å². The molecule has 3 nitrogen and oxygen atoms in total. The summed E-state index contributed by atoms with van der Waals surface area (Å²) >= 11 is 0. The SMILES string of the molecule is CCCN(CCC)[C@@H]1[C@@H](O)CC[P@@]1(=O)c1ccccc1. The van der Waals surface area contributed by atoms with Gasteiger partial charge in [-0.3, -0.25) is 4.90 Å². The maximum atomic E-state index is 13.5. The van der Waals surface area contributed by atoms with Crippen molar-refractivity contribution in [3.05, 3.63) is 30.3 Å². The first kappa shape index (κ1) is 15.8. The van der Waals surface area contributed by atoms with Gasteiger partial charge in [0.2, 0.25) is 0 Å². The maximum Gasteiger partial charge on any atom is 0.134 e. The fourth-order valence-electron chi connectivity index (χ4n) is 3.30. The molecule has 0 spiro atoms. The van der Waals surface area contributed by atoms with E-state index in [4.69, 9.17) is 0 Å². The summed E-state index contributed by atoms with van der Waals surface area (Å²) in [6.07, 6.45) is 2.88.